The average molecular weight is 545 g/mol. The molecule has 1 aliphatic carbocycles. The normalized spacial score (nSPS) is 14.5. The molecule has 0 unspecified atom stereocenters. The van der Waals surface area contributed by atoms with Crippen LogP contribution in [0.25, 0.3) is 11.1 Å². The molecule has 0 aromatic heterocycles. The lowest BCUT2D eigenvalue weighted by Crippen LogP contribution is -2.56. The van der Waals surface area contributed by atoms with E-state index in [0.717, 1.165) is 27.8 Å². The quantitative estimate of drug-likeness (QED) is 0.292. The number of hydrogen-bond donors (Lipinski definition) is 3. The van der Waals surface area contributed by atoms with Crippen molar-refractivity contribution in [3.8, 4) is 11.1 Å². The zero-order valence-electron chi connectivity index (χ0n) is 23.0. The fourth-order valence-corrected chi connectivity index (χ4v) is 5.02. The molecule has 4 rings (SSSR count). The van der Waals surface area contributed by atoms with Crippen LogP contribution in [0, 0.1) is 5.92 Å². The van der Waals surface area contributed by atoms with Crippen LogP contribution in [0.2, 0.25) is 0 Å². The van der Waals surface area contributed by atoms with Crippen LogP contribution in [-0.2, 0) is 25.7 Å². The van der Waals surface area contributed by atoms with E-state index in [-0.39, 0.29) is 31.5 Å². The van der Waals surface area contributed by atoms with E-state index in [4.69, 9.17) is 9.47 Å². The Labute approximate surface area is 234 Å². The minimum atomic E-state index is -1.17. The monoisotopic (exact) mass is 544 g/mol. The molecule has 0 aliphatic heterocycles. The molecule has 0 saturated heterocycles. The summed E-state index contributed by atoms with van der Waals surface area (Å²) in [6.07, 6.45) is -1.31. The molecule has 1 aliphatic rings. The Kier molecular flexibility index (Phi) is 9.56. The van der Waals surface area contributed by atoms with Gasteiger partial charge in [-0.15, -0.1) is 0 Å². The number of fused-ring (bicyclic) bond motifs is 3. The van der Waals surface area contributed by atoms with E-state index in [1.54, 1.807) is 6.92 Å². The van der Waals surface area contributed by atoms with Crippen molar-refractivity contribution >= 4 is 18.0 Å². The number of carbonyl (C=O) groups excluding carboxylic acids is 2. The summed E-state index contributed by atoms with van der Waals surface area (Å²) >= 11 is 0. The molecule has 3 aromatic rings. The highest BCUT2D eigenvalue weighted by Gasteiger charge is 2.33. The Morgan fingerprint density at radius 1 is 0.825 bits per heavy atom. The fraction of sp³-hybridized carbons (Fsp3) is 0.344. The lowest BCUT2D eigenvalue weighted by molar-refractivity contribution is -0.143. The van der Waals surface area contributed by atoms with Crippen LogP contribution in [0.5, 0.6) is 0 Å². The first-order valence-electron chi connectivity index (χ1n) is 13.5. The zero-order chi connectivity index (χ0) is 28.6. The van der Waals surface area contributed by atoms with Gasteiger partial charge in [0, 0.05) is 5.92 Å². The Balaban J connectivity index is 1.46. The maximum Gasteiger partial charge on any atom is 0.407 e. The van der Waals surface area contributed by atoms with Gasteiger partial charge in [-0.25, -0.2) is 9.59 Å². The number of carboxylic acid groups (broad SMARTS) is 1. The number of nitrogens with one attached hydrogen (secondary N) is 2. The molecule has 3 aromatic carbocycles. The van der Waals surface area contributed by atoms with Gasteiger partial charge >= 0.3 is 12.1 Å². The summed E-state index contributed by atoms with van der Waals surface area (Å²) in [6, 6.07) is 23.2. The summed E-state index contributed by atoms with van der Waals surface area (Å²) in [6.45, 7) is 5.71. The highest BCUT2D eigenvalue weighted by molar-refractivity contribution is 5.89. The molecule has 0 fully saturated rings. The van der Waals surface area contributed by atoms with Crippen LogP contribution >= 0.6 is 0 Å². The Morgan fingerprint density at radius 2 is 1.40 bits per heavy atom. The molecule has 2 amide bonds. The smallest absolute Gasteiger partial charge is 0.407 e. The second kappa shape index (κ2) is 13.3. The highest BCUT2D eigenvalue weighted by atomic mass is 16.5. The molecule has 8 heteroatoms. The largest absolute Gasteiger partial charge is 0.480 e. The van der Waals surface area contributed by atoms with Gasteiger partial charge in [-0.3, -0.25) is 4.79 Å². The Morgan fingerprint density at radius 3 is 1.98 bits per heavy atom. The van der Waals surface area contributed by atoms with Crippen molar-refractivity contribution in [2.75, 3.05) is 6.61 Å². The Bertz CT molecular complexity index is 1280. The van der Waals surface area contributed by atoms with Gasteiger partial charge in [-0.1, -0.05) is 92.7 Å². The van der Waals surface area contributed by atoms with E-state index < -0.39 is 36.2 Å². The van der Waals surface area contributed by atoms with Gasteiger partial charge in [0.1, 0.15) is 18.7 Å². The van der Waals surface area contributed by atoms with E-state index in [0.29, 0.717) is 0 Å². The first kappa shape index (κ1) is 28.8. The number of ether oxygens (including phenoxy) is 2. The topological polar surface area (TPSA) is 114 Å². The third kappa shape index (κ3) is 7.07. The molecule has 0 spiro atoms. The van der Waals surface area contributed by atoms with Gasteiger partial charge in [-0.2, -0.15) is 0 Å². The molecule has 3 atom stereocenters. The van der Waals surface area contributed by atoms with Gasteiger partial charge in [-0.05, 0) is 47.1 Å². The third-order valence-corrected chi connectivity index (χ3v) is 7.05. The van der Waals surface area contributed by atoms with Gasteiger partial charge < -0.3 is 25.2 Å². The maximum atomic E-state index is 13.3. The molecule has 0 heterocycles. The van der Waals surface area contributed by atoms with Crippen molar-refractivity contribution in [3.05, 3.63) is 95.6 Å². The molecular weight excluding hydrogens is 508 g/mol. The number of amides is 2. The van der Waals surface area contributed by atoms with Gasteiger partial charge in [0.25, 0.3) is 0 Å². The zero-order valence-corrected chi connectivity index (χ0v) is 23.0. The van der Waals surface area contributed by atoms with Gasteiger partial charge in [0.15, 0.2) is 0 Å². The van der Waals surface area contributed by atoms with Gasteiger partial charge in [0.05, 0.1) is 12.7 Å². The average Bonchev–Trinajstić information content (AvgIpc) is 3.27. The van der Waals surface area contributed by atoms with E-state index in [1.807, 2.05) is 80.6 Å². The van der Waals surface area contributed by atoms with Crippen molar-refractivity contribution < 1.29 is 29.0 Å². The van der Waals surface area contributed by atoms with E-state index >= 15 is 0 Å². The van der Waals surface area contributed by atoms with Crippen LogP contribution in [0.1, 0.15) is 49.8 Å². The summed E-state index contributed by atoms with van der Waals surface area (Å²) in [4.78, 5) is 38.1. The van der Waals surface area contributed by atoms with Crippen molar-refractivity contribution in [1.29, 1.82) is 0 Å². The molecule has 210 valence electrons. The SMILES string of the molecule is CC(C)C[C@H](NC(=O)[C@H](NC(=O)OCC1c2ccccc2-c2ccccc21)[C@H](C)OCc1ccccc1)C(=O)O. The number of alkyl carbamates (subject to hydrolysis) is 1. The molecular formula is C32H36N2O6. The summed E-state index contributed by atoms with van der Waals surface area (Å²) in [7, 11) is 0. The van der Waals surface area contributed by atoms with E-state index in [1.165, 1.54) is 0 Å². The molecule has 3 N–H and O–H groups in total. The molecule has 8 nitrogen and oxygen atoms in total. The van der Waals surface area contributed by atoms with Crippen LogP contribution in [0.3, 0.4) is 0 Å². The Hall–Kier alpha value is -4.17. The molecule has 0 bridgehead atoms. The second-order valence-electron chi connectivity index (χ2n) is 10.5. The molecule has 40 heavy (non-hydrogen) atoms. The number of aliphatic carboxylic acids is 1. The van der Waals surface area contributed by atoms with Crippen molar-refractivity contribution in [3.63, 3.8) is 0 Å². The standard InChI is InChI=1S/C32H36N2O6/c1-20(2)17-28(31(36)37)33-30(35)29(21(3)39-18-22-11-5-4-6-12-22)34-32(38)40-19-27-25-15-9-7-13-23(25)24-14-8-10-16-26(24)27/h4-16,20-21,27-29H,17-19H2,1-3H3,(H,33,35)(H,34,38)(H,36,37)/t21-,28-,29+/m0/s1. The van der Waals surface area contributed by atoms with Crippen molar-refractivity contribution in [2.45, 2.75) is 57.9 Å². The van der Waals surface area contributed by atoms with Crippen LogP contribution in [0.15, 0.2) is 78.9 Å². The molecule has 0 radical (unpaired) electrons. The molecule has 0 saturated carbocycles. The minimum absolute atomic E-state index is 0.0432. The van der Waals surface area contributed by atoms with Crippen LogP contribution < -0.4 is 10.6 Å². The predicted octanol–water partition coefficient (Wildman–Crippen LogP) is 5.11. The summed E-state index contributed by atoms with van der Waals surface area (Å²) in [5.74, 6) is -1.89. The lowest BCUT2D eigenvalue weighted by Gasteiger charge is -2.27. The summed E-state index contributed by atoms with van der Waals surface area (Å²) in [5, 5.41) is 14.8. The van der Waals surface area contributed by atoms with Crippen molar-refractivity contribution in [2.24, 2.45) is 5.92 Å². The number of carbonyl (C=O) groups is 3. The summed E-state index contributed by atoms with van der Waals surface area (Å²) < 4.78 is 11.6. The van der Waals surface area contributed by atoms with E-state index in [9.17, 15) is 19.5 Å². The number of benzene rings is 3. The maximum absolute atomic E-state index is 13.3. The van der Waals surface area contributed by atoms with Crippen LogP contribution in [-0.4, -0.2) is 47.9 Å². The number of rotatable bonds is 12. The lowest BCUT2D eigenvalue weighted by atomic mass is 9.98. The van der Waals surface area contributed by atoms with Crippen LogP contribution in [0.4, 0.5) is 4.79 Å². The first-order valence-corrected chi connectivity index (χ1v) is 13.5. The predicted molar refractivity (Wildman–Crippen MR) is 152 cm³/mol. The van der Waals surface area contributed by atoms with Gasteiger partial charge in [0.2, 0.25) is 5.91 Å². The summed E-state index contributed by atoms with van der Waals surface area (Å²) in [5.41, 5.74) is 5.26. The first-order chi connectivity index (χ1) is 19.2. The van der Waals surface area contributed by atoms with Crippen molar-refractivity contribution in [1.82, 2.24) is 10.6 Å². The third-order valence-electron chi connectivity index (χ3n) is 7.05. The minimum Gasteiger partial charge on any atom is -0.480 e. The highest BCUT2D eigenvalue weighted by Crippen LogP contribution is 2.44. The van der Waals surface area contributed by atoms with E-state index in [2.05, 4.69) is 22.8 Å². The number of hydrogen-bond acceptors (Lipinski definition) is 5. The fourth-order valence-electron chi connectivity index (χ4n) is 5.02. The number of carboxylic acids is 1. The second-order valence-corrected chi connectivity index (χ2v) is 10.5.